The van der Waals surface area contributed by atoms with Gasteiger partial charge < -0.3 is 4.74 Å². The Morgan fingerprint density at radius 2 is 1.61 bits per heavy atom. The number of benzene rings is 1. The molecule has 0 fully saturated rings. The maximum atomic E-state index is 13.0. The first-order chi connectivity index (χ1) is 14.9. The molecule has 3 aromatic rings. The lowest BCUT2D eigenvalue weighted by atomic mass is 10.0. The topological polar surface area (TPSA) is 47.9 Å². The minimum atomic E-state index is -0.540. The van der Waals surface area contributed by atoms with Crippen molar-refractivity contribution in [2.45, 2.75) is 48.0 Å². The summed E-state index contributed by atoms with van der Waals surface area (Å²) in [7, 11) is 0. The minimum absolute atomic E-state index is 0.0139. The number of rotatable bonds is 5. The Labute approximate surface area is 184 Å². The molecule has 0 unspecified atom stereocenters. The molecule has 0 radical (unpaired) electrons. The number of allylic oxidation sites excluding steroid dienone is 1. The monoisotopic (exact) mass is 427 g/mol. The molecule has 0 saturated heterocycles. The Morgan fingerprint density at radius 1 is 0.968 bits per heavy atom. The van der Waals surface area contributed by atoms with Crippen molar-refractivity contribution in [3.63, 3.8) is 0 Å². The molecule has 3 rings (SSSR count). The van der Waals surface area contributed by atoms with Crippen LogP contribution in [-0.2, 0) is 0 Å². The molecule has 1 aromatic carbocycles. The number of aromatic nitrogens is 3. The van der Waals surface area contributed by atoms with E-state index in [9.17, 15) is 8.78 Å². The Hall–Kier alpha value is -3.15. The summed E-state index contributed by atoms with van der Waals surface area (Å²) >= 11 is 0. The number of nitrogens with zero attached hydrogens (tertiary/aromatic N) is 3. The second-order valence-electron chi connectivity index (χ2n) is 6.37. The van der Waals surface area contributed by atoms with Crippen LogP contribution in [0.2, 0.25) is 0 Å². The summed E-state index contributed by atoms with van der Waals surface area (Å²) in [5.41, 5.74) is 4.32. The number of hydrogen-bond acceptors (Lipinski definition) is 4. The van der Waals surface area contributed by atoms with E-state index in [0.29, 0.717) is 24.5 Å². The van der Waals surface area contributed by atoms with Crippen LogP contribution in [0, 0.1) is 25.5 Å². The van der Waals surface area contributed by atoms with E-state index < -0.39 is 11.6 Å². The summed E-state index contributed by atoms with van der Waals surface area (Å²) in [5, 5.41) is 0. The molecule has 166 valence electrons. The maximum Gasteiger partial charge on any atom is 0.213 e. The molecule has 31 heavy (non-hydrogen) atoms. The number of hydrogen-bond donors (Lipinski definition) is 0. The highest BCUT2D eigenvalue weighted by atomic mass is 19.1. The van der Waals surface area contributed by atoms with Crippen molar-refractivity contribution >= 4 is 5.57 Å². The summed E-state index contributed by atoms with van der Waals surface area (Å²) in [4.78, 5) is 12.8. The summed E-state index contributed by atoms with van der Waals surface area (Å²) in [6.07, 6.45) is 5.85. The largest absolute Gasteiger partial charge is 0.478 e. The van der Waals surface area contributed by atoms with E-state index in [1.165, 1.54) is 18.2 Å². The fourth-order valence-corrected chi connectivity index (χ4v) is 2.57. The van der Waals surface area contributed by atoms with E-state index in [-0.39, 0.29) is 5.56 Å². The van der Waals surface area contributed by atoms with E-state index in [1.54, 1.807) is 18.6 Å². The van der Waals surface area contributed by atoms with Gasteiger partial charge in [0.25, 0.3) is 0 Å². The smallest absolute Gasteiger partial charge is 0.213 e. The fourth-order valence-electron chi connectivity index (χ4n) is 2.57. The van der Waals surface area contributed by atoms with Crippen LogP contribution in [0.1, 0.15) is 50.9 Å². The van der Waals surface area contributed by atoms with Crippen LogP contribution in [0.25, 0.3) is 16.8 Å². The molecular weight excluding hydrogens is 396 g/mol. The van der Waals surface area contributed by atoms with Gasteiger partial charge in [-0.3, -0.25) is 9.97 Å². The summed E-state index contributed by atoms with van der Waals surface area (Å²) in [6.45, 7) is 15.9. The SMILES string of the molecule is C=C(CC)c1c(F)cccc1F.CC.CCOc1cc(C)c(-c2cnc(C)cn2)cn1. The second kappa shape index (κ2) is 13.2. The molecule has 0 saturated carbocycles. The third-order valence-electron chi connectivity index (χ3n) is 4.18. The van der Waals surface area contributed by atoms with Crippen molar-refractivity contribution in [1.82, 2.24) is 15.0 Å². The van der Waals surface area contributed by atoms with Crippen molar-refractivity contribution in [3.8, 4) is 17.1 Å². The molecule has 0 aliphatic heterocycles. The molecule has 0 aliphatic carbocycles. The summed E-state index contributed by atoms with van der Waals surface area (Å²) in [6, 6.07) is 5.73. The third kappa shape index (κ3) is 7.55. The van der Waals surface area contributed by atoms with Gasteiger partial charge in [-0.1, -0.05) is 33.4 Å². The first-order valence-corrected chi connectivity index (χ1v) is 10.4. The maximum absolute atomic E-state index is 13.0. The van der Waals surface area contributed by atoms with Gasteiger partial charge in [0.05, 0.1) is 24.2 Å². The molecule has 0 N–H and O–H groups in total. The summed E-state index contributed by atoms with van der Waals surface area (Å²) in [5.74, 6) is -0.433. The van der Waals surface area contributed by atoms with Crippen LogP contribution in [-0.4, -0.2) is 21.6 Å². The quantitative estimate of drug-likeness (QED) is 0.441. The molecule has 2 aromatic heterocycles. The zero-order valence-electron chi connectivity index (χ0n) is 19.2. The van der Waals surface area contributed by atoms with Crippen LogP contribution < -0.4 is 4.74 Å². The third-order valence-corrected chi connectivity index (χ3v) is 4.18. The second-order valence-corrected chi connectivity index (χ2v) is 6.37. The lowest BCUT2D eigenvalue weighted by Crippen LogP contribution is -1.97. The van der Waals surface area contributed by atoms with Crippen LogP contribution in [0.15, 0.2) is 49.4 Å². The molecular formula is C25H31F2N3O. The molecule has 6 heteroatoms. The van der Waals surface area contributed by atoms with Gasteiger partial charge in [-0.2, -0.15) is 0 Å². The molecule has 0 atom stereocenters. The normalized spacial score (nSPS) is 9.68. The highest BCUT2D eigenvalue weighted by Gasteiger charge is 2.09. The lowest BCUT2D eigenvalue weighted by molar-refractivity contribution is 0.326. The highest BCUT2D eigenvalue weighted by Crippen LogP contribution is 2.23. The zero-order valence-corrected chi connectivity index (χ0v) is 19.2. The average molecular weight is 428 g/mol. The predicted molar refractivity (Wildman–Crippen MR) is 123 cm³/mol. The van der Waals surface area contributed by atoms with E-state index >= 15 is 0 Å². The van der Waals surface area contributed by atoms with Gasteiger partial charge >= 0.3 is 0 Å². The van der Waals surface area contributed by atoms with E-state index in [0.717, 1.165) is 22.5 Å². The van der Waals surface area contributed by atoms with Gasteiger partial charge in [0.1, 0.15) is 11.6 Å². The van der Waals surface area contributed by atoms with Gasteiger partial charge in [0.15, 0.2) is 0 Å². The number of pyridine rings is 1. The van der Waals surface area contributed by atoms with E-state index in [2.05, 4.69) is 21.5 Å². The van der Waals surface area contributed by atoms with Crippen molar-refractivity contribution in [1.29, 1.82) is 0 Å². The van der Waals surface area contributed by atoms with Crippen molar-refractivity contribution in [2.75, 3.05) is 6.61 Å². The molecule has 0 spiro atoms. The number of halogens is 2. The van der Waals surface area contributed by atoms with Gasteiger partial charge in [-0.15, -0.1) is 0 Å². The fraction of sp³-hybridized carbons (Fsp3) is 0.320. The van der Waals surface area contributed by atoms with Crippen molar-refractivity contribution in [3.05, 3.63) is 77.9 Å². The van der Waals surface area contributed by atoms with E-state index in [1.807, 2.05) is 47.6 Å². The lowest BCUT2D eigenvalue weighted by Gasteiger charge is -2.07. The zero-order chi connectivity index (χ0) is 23.4. The predicted octanol–water partition coefficient (Wildman–Crippen LogP) is 6.97. The van der Waals surface area contributed by atoms with Gasteiger partial charge in [0, 0.05) is 29.6 Å². The Bertz CT molecular complexity index is 953. The van der Waals surface area contributed by atoms with Crippen molar-refractivity contribution < 1.29 is 13.5 Å². The average Bonchev–Trinajstić information content (AvgIpc) is 2.76. The molecule has 4 nitrogen and oxygen atoms in total. The van der Waals surface area contributed by atoms with Gasteiger partial charge in [-0.05, 0) is 50.5 Å². The Kier molecular flexibility index (Phi) is 11.0. The van der Waals surface area contributed by atoms with Crippen molar-refractivity contribution in [2.24, 2.45) is 0 Å². The first kappa shape index (κ1) is 25.9. The van der Waals surface area contributed by atoms with Gasteiger partial charge in [0.2, 0.25) is 5.88 Å². The minimum Gasteiger partial charge on any atom is -0.478 e. The van der Waals surface area contributed by atoms with Crippen LogP contribution in [0.3, 0.4) is 0 Å². The van der Waals surface area contributed by atoms with Crippen LogP contribution >= 0.6 is 0 Å². The molecule has 0 aliphatic rings. The number of aryl methyl sites for hydroxylation is 2. The molecule has 0 bridgehead atoms. The first-order valence-electron chi connectivity index (χ1n) is 10.4. The van der Waals surface area contributed by atoms with Crippen LogP contribution in [0.5, 0.6) is 5.88 Å². The molecule has 0 amide bonds. The Morgan fingerprint density at radius 3 is 2.10 bits per heavy atom. The Balaban J connectivity index is 0.000000303. The number of ether oxygens (including phenoxy) is 1. The highest BCUT2D eigenvalue weighted by molar-refractivity contribution is 5.64. The van der Waals surface area contributed by atoms with Gasteiger partial charge in [-0.25, -0.2) is 13.8 Å². The van der Waals surface area contributed by atoms with Crippen LogP contribution in [0.4, 0.5) is 8.78 Å². The summed E-state index contributed by atoms with van der Waals surface area (Å²) < 4.78 is 31.3. The molecule has 2 heterocycles. The standard InChI is InChI=1S/C13H15N3O.C10H10F2.C2H6/c1-4-17-13-5-9(2)11(7-16-13)12-8-14-10(3)6-15-12;1-3-7(2)10-8(11)5-4-6-9(10)12;1-2/h5-8H,4H2,1-3H3;4-6H,2-3H2,1H3;1-2H3. The van der Waals surface area contributed by atoms with E-state index in [4.69, 9.17) is 4.74 Å².